The summed E-state index contributed by atoms with van der Waals surface area (Å²) in [6, 6.07) is 15.8. The lowest BCUT2D eigenvalue weighted by molar-refractivity contribution is -0.385. The fourth-order valence-electron chi connectivity index (χ4n) is 2.72. The summed E-state index contributed by atoms with van der Waals surface area (Å²) >= 11 is 0. The van der Waals surface area contributed by atoms with Gasteiger partial charge in [-0.25, -0.2) is 14.4 Å². The first-order chi connectivity index (χ1) is 14.5. The summed E-state index contributed by atoms with van der Waals surface area (Å²) in [5.74, 6) is 0.647. The summed E-state index contributed by atoms with van der Waals surface area (Å²) in [7, 11) is 0. The van der Waals surface area contributed by atoms with Crippen LogP contribution in [-0.2, 0) is 0 Å². The normalized spacial score (nSPS) is 11.3. The Balaban J connectivity index is 1.54. The van der Waals surface area contributed by atoms with E-state index in [2.05, 4.69) is 21.0 Å². The fraction of sp³-hybridized carbons (Fsp3) is 0. The molecule has 4 rings (SSSR count). The second kappa shape index (κ2) is 7.81. The van der Waals surface area contributed by atoms with Gasteiger partial charge in [-0.1, -0.05) is 12.1 Å². The number of imidazole rings is 1. The third kappa shape index (κ3) is 3.98. The lowest BCUT2D eigenvalue weighted by atomic mass is 10.1. The summed E-state index contributed by atoms with van der Waals surface area (Å²) in [6.45, 7) is 0. The molecule has 0 saturated carbocycles. The van der Waals surface area contributed by atoms with E-state index in [-0.39, 0.29) is 17.1 Å². The monoisotopic (exact) mass is 401 g/mol. The van der Waals surface area contributed by atoms with Gasteiger partial charge in [-0.2, -0.15) is 5.26 Å². The smallest absolute Gasteiger partial charge is 0.287 e. The van der Waals surface area contributed by atoms with Crippen LogP contribution in [0.4, 0.5) is 10.1 Å². The number of H-pyrrole nitrogens is 1. The summed E-state index contributed by atoms with van der Waals surface area (Å²) in [5.41, 5.74) is 1.96. The van der Waals surface area contributed by atoms with Gasteiger partial charge in [0, 0.05) is 12.1 Å². The van der Waals surface area contributed by atoms with Crippen molar-refractivity contribution in [1.29, 1.82) is 5.26 Å². The fourth-order valence-corrected chi connectivity index (χ4v) is 2.72. The zero-order chi connectivity index (χ0) is 21.1. The minimum absolute atomic E-state index is 0.125. The molecule has 0 atom stereocenters. The molecule has 1 N–H and O–H groups in total. The highest BCUT2D eigenvalue weighted by Crippen LogP contribution is 2.24. The van der Waals surface area contributed by atoms with Gasteiger partial charge in [-0.3, -0.25) is 10.1 Å². The minimum Gasteiger partial charge on any atom is -0.439 e. The highest BCUT2D eigenvalue weighted by Gasteiger charge is 2.09. The Morgan fingerprint density at radius 2 is 2.00 bits per heavy atom. The zero-order valence-electron chi connectivity index (χ0n) is 15.2. The molecular weight excluding hydrogens is 389 g/mol. The van der Waals surface area contributed by atoms with Gasteiger partial charge in [0.15, 0.2) is 0 Å². The molecule has 0 saturated heterocycles. The Hall–Kier alpha value is -4.58. The Morgan fingerprint density at radius 1 is 1.20 bits per heavy atom. The number of aromatic nitrogens is 3. The number of benzene rings is 2. The van der Waals surface area contributed by atoms with Crippen LogP contribution < -0.4 is 4.74 Å². The Bertz CT molecular complexity index is 1310. The molecule has 4 aromatic rings. The SMILES string of the molecule is N#C/C(=C/c1ccc(Oc2ccc([N+](=O)[O-])cn2)cc1)c1nc2ccc(F)cc2[nH]1. The van der Waals surface area contributed by atoms with Crippen LogP contribution in [0.2, 0.25) is 0 Å². The molecule has 9 heteroatoms. The third-order valence-corrected chi connectivity index (χ3v) is 4.16. The Kier molecular flexibility index (Phi) is 4.88. The average molecular weight is 401 g/mol. The van der Waals surface area contributed by atoms with Gasteiger partial charge in [0.1, 0.15) is 29.7 Å². The summed E-state index contributed by atoms with van der Waals surface area (Å²) < 4.78 is 18.9. The van der Waals surface area contributed by atoms with E-state index in [1.54, 1.807) is 30.3 Å². The number of ether oxygens (including phenoxy) is 1. The Morgan fingerprint density at radius 3 is 2.67 bits per heavy atom. The first kappa shape index (κ1) is 18.8. The summed E-state index contributed by atoms with van der Waals surface area (Å²) in [5, 5.41) is 20.2. The molecule has 0 fully saturated rings. The molecule has 0 radical (unpaired) electrons. The number of pyridine rings is 1. The third-order valence-electron chi connectivity index (χ3n) is 4.16. The van der Waals surface area contributed by atoms with Crippen molar-refractivity contribution in [2.45, 2.75) is 0 Å². The van der Waals surface area contributed by atoms with Crippen molar-refractivity contribution >= 4 is 28.4 Å². The molecule has 146 valence electrons. The molecule has 2 aromatic carbocycles. The number of nitrogens with zero attached hydrogens (tertiary/aromatic N) is 4. The van der Waals surface area contributed by atoms with Crippen molar-refractivity contribution < 1.29 is 14.1 Å². The largest absolute Gasteiger partial charge is 0.439 e. The van der Waals surface area contributed by atoms with Gasteiger partial charge in [-0.05, 0) is 42.0 Å². The number of nitriles is 1. The maximum absolute atomic E-state index is 13.4. The lowest BCUT2D eigenvalue weighted by Crippen LogP contribution is -1.91. The number of halogens is 1. The van der Waals surface area contributed by atoms with Crippen molar-refractivity contribution in [1.82, 2.24) is 15.0 Å². The number of nitrogens with one attached hydrogen (secondary N) is 1. The van der Waals surface area contributed by atoms with E-state index in [1.165, 1.54) is 30.3 Å². The molecule has 0 unspecified atom stereocenters. The molecule has 0 amide bonds. The zero-order valence-corrected chi connectivity index (χ0v) is 15.2. The molecule has 2 heterocycles. The van der Waals surface area contributed by atoms with Gasteiger partial charge >= 0.3 is 0 Å². The maximum Gasteiger partial charge on any atom is 0.287 e. The number of hydrogen-bond donors (Lipinski definition) is 1. The number of nitro groups is 1. The minimum atomic E-state index is -0.538. The average Bonchev–Trinajstić information content (AvgIpc) is 3.16. The molecule has 0 bridgehead atoms. The lowest BCUT2D eigenvalue weighted by Gasteiger charge is -2.04. The predicted octanol–water partition coefficient (Wildman–Crippen LogP) is 4.86. The van der Waals surface area contributed by atoms with Crippen LogP contribution in [0.25, 0.3) is 22.7 Å². The number of fused-ring (bicyclic) bond motifs is 1. The number of aromatic amines is 1. The number of hydrogen-bond acceptors (Lipinski definition) is 6. The topological polar surface area (TPSA) is 118 Å². The molecule has 2 aromatic heterocycles. The van der Waals surface area contributed by atoms with Gasteiger partial charge in [0.25, 0.3) is 5.69 Å². The first-order valence-electron chi connectivity index (χ1n) is 8.67. The van der Waals surface area contributed by atoms with Crippen LogP contribution in [0.5, 0.6) is 11.6 Å². The van der Waals surface area contributed by atoms with Crippen LogP contribution in [0.15, 0.2) is 60.8 Å². The van der Waals surface area contributed by atoms with Crippen LogP contribution >= 0.6 is 0 Å². The van der Waals surface area contributed by atoms with Crippen molar-refractivity contribution in [2.24, 2.45) is 0 Å². The summed E-state index contributed by atoms with van der Waals surface area (Å²) in [6.07, 6.45) is 2.76. The van der Waals surface area contributed by atoms with Crippen LogP contribution in [0, 0.1) is 27.3 Å². The quantitative estimate of drug-likeness (QED) is 0.290. The van der Waals surface area contributed by atoms with E-state index in [1.807, 2.05) is 0 Å². The summed E-state index contributed by atoms with van der Waals surface area (Å²) in [4.78, 5) is 21.3. The van der Waals surface area contributed by atoms with E-state index >= 15 is 0 Å². The second-order valence-electron chi connectivity index (χ2n) is 6.20. The molecule has 0 aliphatic heterocycles. The van der Waals surface area contributed by atoms with E-state index in [0.717, 1.165) is 11.8 Å². The highest BCUT2D eigenvalue weighted by molar-refractivity contribution is 5.90. The first-order valence-corrected chi connectivity index (χ1v) is 8.67. The highest BCUT2D eigenvalue weighted by atomic mass is 19.1. The van der Waals surface area contributed by atoms with E-state index in [4.69, 9.17) is 4.74 Å². The second-order valence-corrected chi connectivity index (χ2v) is 6.20. The van der Waals surface area contributed by atoms with Crippen LogP contribution in [0.3, 0.4) is 0 Å². The van der Waals surface area contributed by atoms with Crippen molar-refractivity contribution in [2.75, 3.05) is 0 Å². The number of rotatable bonds is 5. The molecular formula is C21H12FN5O3. The Labute approximate surface area is 169 Å². The van der Waals surface area contributed by atoms with Gasteiger partial charge < -0.3 is 9.72 Å². The predicted molar refractivity (Wildman–Crippen MR) is 107 cm³/mol. The van der Waals surface area contributed by atoms with Crippen LogP contribution in [0.1, 0.15) is 11.4 Å². The molecule has 0 aliphatic carbocycles. The van der Waals surface area contributed by atoms with Gasteiger partial charge in [0.05, 0.1) is 21.5 Å². The van der Waals surface area contributed by atoms with Crippen molar-refractivity contribution in [3.63, 3.8) is 0 Å². The van der Waals surface area contributed by atoms with E-state index < -0.39 is 10.7 Å². The van der Waals surface area contributed by atoms with Crippen molar-refractivity contribution in [3.05, 3.63) is 88.1 Å². The van der Waals surface area contributed by atoms with E-state index in [0.29, 0.717) is 22.6 Å². The molecule has 8 nitrogen and oxygen atoms in total. The molecule has 0 spiro atoms. The number of allylic oxidation sites excluding steroid dienone is 1. The molecule has 30 heavy (non-hydrogen) atoms. The van der Waals surface area contributed by atoms with Crippen LogP contribution in [-0.4, -0.2) is 19.9 Å². The van der Waals surface area contributed by atoms with Gasteiger partial charge in [0.2, 0.25) is 5.88 Å². The van der Waals surface area contributed by atoms with E-state index in [9.17, 15) is 19.8 Å². The van der Waals surface area contributed by atoms with Crippen molar-refractivity contribution in [3.8, 4) is 17.7 Å². The molecule has 0 aliphatic rings. The maximum atomic E-state index is 13.4. The standard InChI is InChI=1S/C21H12FN5O3/c22-15-3-7-18-19(10-15)26-21(25-18)14(11-23)9-13-1-5-17(6-2-13)30-20-8-4-16(12-24-20)27(28)29/h1-10,12H,(H,25,26)/b14-9-. The van der Waals surface area contributed by atoms with Gasteiger partial charge in [-0.15, -0.1) is 0 Å².